The molecule has 0 aliphatic rings. The van der Waals surface area contributed by atoms with Gasteiger partial charge in [0.05, 0.1) is 0 Å². The largest absolute Gasteiger partial charge is 0.462 e. The molecule has 0 amide bonds. The van der Waals surface area contributed by atoms with Crippen molar-refractivity contribution in [3.05, 3.63) is 109 Å². The molecule has 6 nitrogen and oxygen atoms in total. The predicted molar refractivity (Wildman–Crippen MR) is 316 cm³/mol. The van der Waals surface area contributed by atoms with Gasteiger partial charge in [-0.25, -0.2) is 0 Å². The van der Waals surface area contributed by atoms with Gasteiger partial charge in [-0.05, 0) is 128 Å². The summed E-state index contributed by atoms with van der Waals surface area (Å²) in [5, 5.41) is 0. The van der Waals surface area contributed by atoms with Crippen LogP contribution in [0.1, 0.15) is 278 Å². The molecule has 0 saturated heterocycles. The molecule has 416 valence electrons. The van der Waals surface area contributed by atoms with Gasteiger partial charge in [0.1, 0.15) is 13.2 Å². The van der Waals surface area contributed by atoms with E-state index in [0.717, 1.165) is 128 Å². The molecule has 0 radical (unpaired) electrons. The molecule has 0 spiro atoms. The van der Waals surface area contributed by atoms with Crippen LogP contribution in [0.5, 0.6) is 0 Å². The molecule has 0 aromatic rings. The second-order valence-corrected chi connectivity index (χ2v) is 19.9. The number of esters is 3. The summed E-state index contributed by atoms with van der Waals surface area (Å²) in [6, 6.07) is 0. The smallest absolute Gasteiger partial charge is 0.306 e. The normalized spacial score (nSPS) is 12.9. The SMILES string of the molecule is CC/C=C\C/C=C\C/C=C\C/C=C\C/C=C\CCCCCC(=O)OC(COC(=O)CCCCCCC/C=C\CCCCCC)COC(=O)CCCCCCCCCC/C=C\C/C=C\C/C=C\CCCCCCC. The lowest BCUT2D eigenvalue weighted by atomic mass is 10.1. The van der Waals surface area contributed by atoms with E-state index >= 15 is 0 Å². The van der Waals surface area contributed by atoms with Crippen LogP contribution in [-0.2, 0) is 28.6 Å². The third-order valence-electron chi connectivity index (χ3n) is 12.7. The van der Waals surface area contributed by atoms with Gasteiger partial charge in [0, 0.05) is 19.3 Å². The zero-order valence-corrected chi connectivity index (χ0v) is 47.6. The Hall–Kier alpha value is -3.93. The molecule has 0 rings (SSSR count). The van der Waals surface area contributed by atoms with Crippen molar-refractivity contribution >= 4 is 17.9 Å². The Morgan fingerprint density at radius 2 is 0.534 bits per heavy atom. The lowest BCUT2D eigenvalue weighted by Crippen LogP contribution is -2.30. The summed E-state index contributed by atoms with van der Waals surface area (Å²) in [5.74, 6) is -0.944. The number of carbonyl (C=O) groups is 3. The molecule has 0 fully saturated rings. The molecule has 0 aliphatic carbocycles. The minimum absolute atomic E-state index is 0.0993. The van der Waals surface area contributed by atoms with Crippen LogP contribution in [-0.4, -0.2) is 37.2 Å². The average Bonchev–Trinajstić information content (AvgIpc) is 3.39. The van der Waals surface area contributed by atoms with E-state index in [1.54, 1.807) is 0 Å². The highest BCUT2D eigenvalue weighted by atomic mass is 16.6. The van der Waals surface area contributed by atoms with Gasteiger partial charge >= 0.3 is 17.9 Å². The van der Waals surface area contributed by atoms with Crippen molar-refractivity contribution in [2.45, 2.75) is 284 Å². The van der Waals surface area contributed by atoms with Gasteiger partial charge < -0.3 is 14.2 Å². The number of hydrogen-bond acceptors (Lipinski definition) is 6. The highest BCUT2D eigenvalue weighted by Gasteiger charge is 2.19. The van der Waals surface area contributed by atoms with Crippen molar-refractivity contribution < 1.29 is 28.6 Å². The number of unbranched alkanes of at least 4 members (excludes halogenated alkanes) is 25. The number of carbonyl (C=O) groups excluding carboxylic acids is 3. The van der Waals surface area contributed by atoms with E-state index < -0.39 is 6.10 Å². The summed E-state index contributed by atoms with van der Waals surface area (Å²) >= 11 is 0. The van der Waals surface area contributed by atoms with Crippen molar-refractivity contribution in [1.82, 2.24) is 0 Å². The first-order valence-electron chi connectivity index (χ1n) is 30.4. The molecule has 0 bridgehead atoms. The van der Waals surface area contributed by atoms with Crippen LogP contribution >= 0.6 is 0 Å². The first-order chi connectivity index (χ1) is 36.0. The fraction of sp³-hybridized carbons (Fsp3) is 0.687. The van der Waals surface area contributed by atoms with Gasteiger partial charge in [-0.15, -0.1) is 0 Å². The van der Waals surface area contributed by atoms with E-state index in [0.29, 0.717) is 12.8 Å². The van der Waals surface area contributed by atoms with Crippen molar-refractivity contribution in [2.24, 2.45) is 0 Å². The maximum Gasteiger partial charge on any atom is 0.306 e. The third kappa shape index (κ3) is 58.8. The lowest BCUT2D eigenvalue weighted by molar-refractivity contribution is -0.167. The maximum absolute atomic E-state index is 12.9. The van der Waals surface area contributed by atoms with E-state index in [1.165, 1.54) is 109 Å². The molecule has 0 aromatic heterocycles. The van der Waals surface area contributed by atoms with Crippen molar-refractivity contribution in [2.75, 3.05) is 13.2 Å². The molecular formula is C67H112O6. The molecule has 1 atom stereocenters. The van der Waals surface area contributed by atoms with E-state index in [2.05, 4.69) is 130 Å². The summed E-state index contributed by atoms with van der Waals surface area (Å²) in [5.41, 5.74) is 0. The summed E-state index contributed by atoms with van der Waals surface area (Å²) in [7, 11) is 0. The Labute approximate surface area is 450 Å². The Kier molecular flexibility index (Phi) is 57.4. The van der Waals surface area contributed by atoms with Crippen LogP contribution in [0.15, 0.2) is 109 Å². The zero-order valence-electron chi connectivity index (χ0n) is 47.6. The Bertz CT molecular complexity index is 1490. The van der Waals surface area contributed by atoms with Crippen molar-refractivity contribution in [1.29, 1.82) is 0 Å². The summed E-state index contributed by atoms with van der Waals surface area (Å²) in [6.45, 7) is 6.47. The molecule has 0 aliphatic heterocycles. The highest BCUT2D eigenvalue weighted by molar-refractivity contribution is 5.71. The maximum atomic E-state index is 12.9. The number of hydrogen-bond donors (Lipinski definition) is 0. The van der Waals surface area contributed by atoms with Gasteiger partial charge in [0.15, 0.2) is 6.10 Å². The standard InChI is InChI=1S/C67H112O6/c1-4-7-10-13-16-19-22-25-27-29-31-32-33-34-36-37-39-42-45-48-51-54-57-60-66(69)72-63-64(62-71-65(68)59-56-53-50-47-44-41-24-21-18-15-12-9-6-3)73-67(70)61-58-55-52-49-46-43-40-38-35-30-28-26-23-20-17-14-11-8-5-2/h8,11,17,20-22,24-26,28-29,31,33-35,38,43,46,64H,4-7,9-10,12-16,18-19,23,27,30,32,36-37,39-42,44-45,47-63H2,1-3H3/b11-8-,20-17-,24-21-,25-22-,28-26-,31-29-,34-33-,38-35-,46-43-. The monoisotopic (exact) mass is 1010 g/mol. The van der Waals surface area contributed by atoms with Crippen molar-refractivity contribution in [3.63, 3.8) is 0 Å². The molecule has 6 heteroatoms. The fourth-order valence-corrected chi connectivity index (χ4v) is 8.18. The van der Waals surface area contributed by atoms with Gasteiger partial charge in [0.25, 0.3) is 0 Å². The lowest BCUT2D eigenvalue weighted by Gasteiger charge is -2.18. The fourth-order valence-electron chi connectivity index (χ4n) is 8.18. The van der Waals surface area contributed by atoms with E-state index in [-0.39, 0.29) is 37.5 Å². The molecule has 0 N–H and O–H groups in total. The molecule has 0 heterocycles. The van der Waals surface area contributed by atoms with Crippen LogP contribution in [0.25, 0.3) is 0 Å². The minimum atomic E-state index is -0.805. The molecule has 0 saturated carbocycles. The summed E-state index contributed by atoms with van der Waals surface area (Å²) < 4.78 is 16.9. The van der Waals surface area contributed by atoms with Crippen LogP contribution < -0.4 is 0 Å². The molecule has 0 aromatic carbocycles. The Morgan fingerprint density at radius 1 is 0.288 bits per heavy atom. The number of allylic oxidation sites excluding steroid dienone is 18. The zero-order chi connectivity index (χ0) is 52.9. The average molecular weight is 1010 g/mol. The van der Waals surface area contributed by atoms with Crippen LogP contribution in [0, 0.1) is 0 Å². The van der Waals surface area contributed by atoms with E-state index in [9.17, 15) is 14.4 Å². The van der Waals surface area contributed by atoms with Gasteiger partial charge in [-0.2, -0.15) is 0 Å². The molecular weight excluding hydrogens is 901 g/mol. The van der Waals surface area contributed by atoms with Crippen LogP contribution in [0.3, 0.4) is 0 Å². The summed E-state index contributed by atoms with van der Waals surface area (Å²) in [4.78, 5) is 38.2. The topological polar surface area (TPSA) is 78.9 Å². The number of ether oxygens (including phenoxy) is 3. The first kappa shape index (κ1) is 69.1. The Balaban J connectivity index is 4.43. The first-order valence-corrected chi connectivity index (χ1v) is 30.4. The molecule has 73 heavy (non-hydrogen) atoms. The third-order valence-corrected chi connectivity index (χ3v) is 12.7. The minimum Gasteiger partial charge on any atom is -0.462 e. The predicted octanol–water partition coefficient (Wildman–Crippen LogP) is 20.7. The quantitative estimate of drug-likeness (QED) is 0.0261. The second kappa shape index (κ2) is 60.6. The second-order valence-electron chi connectivity index (χ2n) is 19.9. The number of rotatable bonds is 54. The molecule has 1 unspecified atom stereocenters. The highest BCUT2D eigenvalue weighted by Crippen LogP contribution is 2.14. The van der Waals surface area contributed by atoms with Gasteiger partial charge in [0.2, 0.25) is 0 Å². The van der Waals surface area contributed by atoms with Gasteiger partial charge in [-0.1, -0.05) is 239 Å². The summed E-state index contributed by atoms with van der Waals surface area (Å²) in [6.07, 6.45) is 82.2. The van der Waals surface area contributed by atoms with Crippen LogP contribution in [0.2, 0.25) is 0 Å². The van der Waals surface area contributed by atoms with Gasteiger partial charge in [-0.3, -0.25) is 14.4 Å². The Morgan fingerprint density at radius 3 is 0.877 bits per heavy atom. The van der Waals surface area contributed by atoms with E-state index in [1.807, 2.05) is 0 Å². The van der Waals surface area contributed by atoms with E-state index in [4.69, 9.17) is 14.2 Å². The van der Waals surface area contributed by atoms with Crippen LogP contribution in [0.4, 0.5) is 0 Å². The van der Waals surface area contributed by atoms with Crippen molar-refractivity contribution in [3.8, 4) is 0 Å².